The van der Waals surface area contributed by atoms with Crippen molar-refractivity contribution >= 4 is 46.7 Å². The van der Waals surface area contributed by atoms with Gasteiger partial charge in [0.1, 0.15) is 0 Å². The van der Waals surface area contributed by atoms with E-state index in [2.05, 4.69) is 62.1 Å². The van der Waals surface area contributed by atoms with Crippen LogP contribution in [0.15, 0.2) is 12.1 Å². The van der Waals surface area contributed by atoms with Crippen LogP contribution in [0.4, 0.5) is 11.8 Å². The first-order chi connectivity index (χ1) is 16.0. The molecule has 0 saturated heterocycles. The summed E-state index contributed by atoms with van der Waals surface area (Å²) in [6.45, 7) is 21.1. The molecule has 1 fully saturated rings. The van der Waals surface area contributed by atoms with Crippen molar-refractivity contribution < 1.29 is 9.53 Å². The summed E-state index contributed by atoms with van der Waals surface area (Å²) < 4.78 is 6.14. The molecule has 0 amide bonds. The zero-order valence-electron chi connectivity index (χ0n) is 22.2. The van der Waals surface area contributed by atoms with Crippen LogP contribution in [-0.4, -0.2) is 32.6 Å². The Kier molecular flexibility index (Phi) is 21.8. The third kappa shape index (κ3) is 13.3. The van der Waals surface area contributed by atoms with Crippen LogP contribution in [0.5, 0.6) is 0 Å². The summed E-state index contributed by atoms with van der Waals surface area (Å²) >= 11 is 2.33. The number of nitrogens with zero attached hydrogens (tertiary/aromatic N) is 4. The second kappa shape index (κ2) is 21.3. The largest absolute Gasteiger partial charge is 0.468 e. The van der Waals surface area contributed by atoms with Crippen molar-refractivity contribution in [3.8, 4) is 0 Å². The minimum Gasteiger partial charge on any atom is -0.468 e. The second-order valence-electron chi connectivity index (χ2n) is 6.72. The molecule has 3 unspecified atom stereocenters. The van der Waals surface area contributed by atoms with Gasteiger partial charge in [-0.05, 0) is 67.6 Å². The van der Waals surface area contributed by atoms with Crippen LogP contribution in [-0.2, 0) is 9.53 Å². The fourth-order valence-electron chi connectivity index (χ4n) is 3.14. The first-order valence-electron chi connectivity index (χ1n) is 12.1. The SMILES string of the molecule is CC.CC.CC.CCOC=O.Cc1cc(C2CCC(C)C2)nc(Nc2cc(C)n(PI)n2)n1. The molecule has 2 heterocycles. The van der Waals surface area contributed by atoms with E-state index < -0.39 is 0 Å². The predicted octanol–water partition coefficient (Wildman–Crippen LogP) is 7.99. The quantitative estimate of drug-likeness (QED) is 0.208. The first-order valence-corrected chi connectivity index (χ1v) is 16.1. The maximum absolute atomic E-state index is 9.18. The average molecular weight is 594 g/mol. The lowest BCUT2D eigenvalue weighted by Crippen LogP contribution is -2.05. The van der Waals surface area contributed by atoms with Crippen LogP contribution in [0, 0.1) is 19.8 Å². The highest BCUT2D eigenvalue weighted by Crippen LogP contribution is 2.37. The molecule has 2 aromatic rings. The third-order valence-electron chi connectivity index (χ3n) is 4.43. The van der Waals surface area contributed by atoms with Crippen LogP contribution >= 0.6 is 28.4 Å². The number of halogens is 1. The van der Waals surface area contributed by atoms with E-state index in [9.17, 15) is 4.79 Å². The van der Waals surface area contributed by atoms with Crippen LogP contribution in [0.3, 0.4) is 0 Å². The molecule has 7 nitrogen and oxygen atoms in total. The monoisotopic (exact) mass is 593 g/mol. The van der Waals surface area contributed by atoms with Crippen molar-refractivity contribution in [2.45, 2.75) is 94.4 Å². The van der Waals surface area contributed by atoms with E-state index in [0.717, 1.165) is 23.1 Å². The van der Waals surface area contributed by atoms with Crippen molar-refractivity contribution in [3.05, 3.63) is 29.2 Å². The van der Waals surface area contributed by atoms with Gasteiger partial charge in [0.05, 0.1) is 13.0 Å². The van der Waals surface area contributed by atoms with Gasteiger partial charge < -0.3 is 10.1 Å². The molecule has 190 valence electrons. The Morgan fingerprint density at radius 1 is 1.15 bits per heavy atom. The van der Waals surface area contributed by atoms with Crippen molar-refractivity contribution in [2.24, 2.45) is 5.92 Å². The molecule has 2 aromatic heterocycles. The zero-order valence-corrected chi connectivity index (χ0v) is 25.4. The zero-order chi connectivity index (χ0) is 25.8. The maximum Gasteiger partial charge on any atom is 0.293 e. The summed E-state index contributed by atoms with van der Waals surface area (Å²) in [6, 6.07) is 4.17. The van der Waals surface area contributed by atoms with E-state index in [1.165, 1.54) is 25.0 Å². The molecule has 1 saturated carbocycles. The van der Waals surface area contributed by atoms with E-state index in [0.29, 0.717) is 31.3 Å². The topological polar surface area (TPSA) is 81.9 Å². The smallest absolute Gasteiger partial charge is 0.293 e. The number of nitrogens with one attached hydrogen (secondary N) is 1. The van der Waals surface area contributed by atoms with Crippen LogP contribution in [0.25, 0.3) is 0 Å². The fraction of sp³-hybridized carbons (Fsp3) is 0.667. The van der Waals surface area contributed by atoms with Gasteiger partial charge in [0.15, 0.2) is 5.82 Å². The number of ether oxygens (including phenoxy) is 1. The standard InChI is InChI=1S/C15H21IN5P.C3H6O2.3C2H6/c1-9-4-5-12(6-9)13-7-10(2)17-15(18-13)19-14-8-11(3)21(20-14)22-16;1-2-5-3-4;3*1-2/h7-9,12,22H,4-6H2,1-3H3,(H,17,18,19,20);3H,2H2,1H3;3*1-2H3. The van der Waals surface area contributed by atoms with Crippen LogP contribution < -0.4 is 5.32 Å². The molecule has 1 N–H and O–H groups in total. The van der Waals surface area contributed by atoms with E-state index >= 15 is 0 Å². The Balaban J connectivity index is 0. The van der Waals surface area contributed by atoms with Gasteiger partial charge in [0.2, 0.25) is 5.95 Å². The molecule has 1 aliphatic rings. The lowest BCUT2D eigenvalue weighted by Gasteiger charge is -2.11. The summed E-state index contributed by atoms with van der Waals surface area (Å²) in [4.78, 5) is 18.4. The molecular formula is C24H45IN5O2P. The number of hydrogen-bond acceptors (Lipinski definition) is 6. The minimum atomic E-state index is 0.431. The van der Waals surface area contributed by atoms with Crippen LogP contribution in [0.2, 0.25) is 0 Å². The Bertz CT molecular complexity index is 758. The van der Waals surface area contributed by atoms with Gasteiger partial charge in [-0.2, -0.15) is 5.10 Å². The van der Waals surface area contributed by atoms with Crippen LogP contribution in [0.1, 0.15) is 97.7 Å². The lowest BCUT2D eigenvalue weighted by atomic mass is 10.0. The lowest BCUT2D eigenvalue weighted by molar-refractivity contribution is -0.128. The molecule has 3 atom stereocenters. The number of rotatable bonds is 6. The molecule has 9 heteroatoms. The number of anilines is 2. The van der Waals surface area contributed by atoms with Gasteiger partial charge in [0.25, 0.3) is 6.47 Å². The van der Waals surface area contributed by atoms with Crippen molar-refractivity contribution in [3.63, 3.8) is 0 Å². The third-order valence-corrected chi connectivity index (χ3v) is 6.41. The molecule has 0 spiro atoms. The Hall–Kier alpha value is -1.28. The van der Waals surface area contributed by atoms with Gasteiger partial charge in [-0.1, -0.05) is 54.9 Å². The first kappa shape index (κ1) is 33.9. The van der Waals surface area contributed by atoms with Crippen molar-refractivity contribution in [1.29, 1.82) is 0 Å². The molecule has 0 bridgehead atoms. The second-order valence-corrected chi connectivity index (χ2v) is 8.76. The number of hydrogen-bond donors (Lipinski definition) is 1. The summed E-state index contributed by atoms with van der Waals surface area (Å²) in [6.07, 6.45) is 4.38. The highest BCUT2D eigenvalue weighted by Gasteiger charge is 2.24. The summed E-state index contributed by atoms with van der Waals surface area (Å²) in [5, 5.41) is 7.79. The molecule has 1 aliphatic carbocycles. The van der Waals surface area contributed by atoms with Crippen molar-refractivity contribution in [1.82, 2.24) is 19.5 Å². The average Bonchev–Trinajstić information content (AvgIpc) is 3.43. The molecule has 0 aliphatic heterocycles. The van der Waals surface area contributed by atoms with E-state index in [4.69, 9.17) is 4.98 Å². The predicted molar refractivity (Wildman–Crippen MR) is 152 cm³/mol. The van der Waals surface area contributed by atoms with E-state index in [1.807, 2.05) is 59.0 Å². The molecule has 33 heavy (non-hydrogen) atoms. The Morgan fingerprint density at radius 3 is 2.21 bits per heavy atom. The molecular weight excluding hydrogens is 548 g/mol. The number of aromatic nitrogens is 4. The molecule has 0 radical (unpaired) electrons. The summed E-state index contributed by atoms with van der Waals surface area (Å²) in [7, 11) is 0. The number of carbonyl (C=O) groups excluding carboxylic acids is 1. The van der Waals surface area contributed by atoms with Crippen molar-refractivity contribution in [2.75, 3.05) is 11.9 Å². The van der Waals surface area contributed by atoms with Gasteiger partial charge in [-0.25, -0.2) is 14.4 Å². The Labute approximate surface area is 216 Å². The maximum atomic E-state index is 9.18. The highest BCUT2D eigenvalue weighted by molar-refractivity contribution is 14.2. The van der Waals surface area contributed by atoms with Gasteiger partial charge in [-0.3, -0.25) is 4.79 Å². The number of aryl methyl sites for hydroxylation is 2. The fourth-order valence-corrected chi connectivity index (χ4v) is 4.95. The minimum absolute atomic E-state index is 0.431. The van der Waals surface area contributed by atoms with Gasteiger partial charge >= 0.3 is 0 Å². The van der Waals surface area contributed by atoms with E-state index in [1.54, 1.807) is 6.92 Å². The van der Waals surface area contributed by atoms with Gasteiger partial charge in [0, 0.05) is 29.1 Å². The summed E-state index contributed by atoms with van der Waals surface area (Å²) in [5.41, 5.74) is 3.33. The van der Waals surface area contributed by atoms with E-state index in [-0.39, 0.29) is 0 Å². The molecule has 0 aromatic carbocycles. The normalized spacial score (nSPS) is 16.1. The number of carbonyl (C=O) groups is 1. The summed E-state index contributed by atoms with van der Waals surface area (Å²) in [5.74, 6) is 2.86. The highest BCUT2D eigenvalue weighted by atomic mass is 127. The Morgan fingerprint density at radius 2 is 1.79 bits per heavy atom. The molecule has 3 rings (SSSR count). The van der Waals surface area contributed by atoms with Gasteiger partial charge in [-0.15, -0.1) is 0 Å².